The van der Waals surface area contributed by atoms with Crippen LogP contribution in [0.4, 0.5) is 0 Å². The zero-order chi connectivity index (χ0) is 13.3. The highest BCUT2D eigenvalue weighted by Crippen LogP contribution is 2.27. The van der Waals surface area contributed by atoms with Crippen molar-refractivity contribution in [2.45, 2.75) is 32.7 Å². The second-order valence-corrected chi connectivity index (χ2v) is 5.22. The third-order valence-corrected chi connectivity index (χ3v) is 4.13. The van der Waals surface area contributed by atoms with Crippen molar-refractivity contribution in [1.29, 1.82) is 0 Å². The molecule has 0 spiro atoms. The van der Waals surface area contributed by atoms with E-state index in [2.05, 4.69) is 28.0 Å². The minimum absolute atomic E-state index is 0.0693. The van der Waals surface area contributed by atoms with Crippen LogP contribution in [0.1, 0.15) is 35.7 Å². The Morgan fingerprint density at radius 3 is 2.78 bits per heavy atom. The molecule has 2 aromatic rings. The number of rotatable bonds is 4. The number of nitrogens with zero attached hydrogens (tertiary/aromatic N) is 2. The topological polar surface area (TPSA) is 57.0 Å². The first-order chi connectivity index (χ1) is 8.54. The monoisotopic (exact) mass is 311 g/mol. The molecular weight excluding hydrogens is 294 g/mol. The van der Waals surface area contributed by atoms with Gasteiger partial charge in [0.15, 0.2) is 0 Å². The number of aromatic nitrogens is 2. The normalized spacial score (nSPS) is 12.9. The van der Waals surface area contributed by atoms with Gasteiger partial charge in [-0.15, -0.1) is 0 Å². The van der Waals surface area contributed by atoms with Crippen molar-refractivity contribution >= 4 is 15.9 Å². The van der Waals surface area contributed by atoms with Gasteiger partial charge in [0.2, 0.25) is 0 Å². The Kier molecular flexibility index (Phi) is 3.92. The number of furan rings is 1. The average molecular weight is 312 g/mol. The molecule has 0 saturated carbocycles. The number of nitrogens with two attached hydrogens (primary N) is 1. The molecule has 4 nitrogen and oxygen atoms in total. The summed E-state index contributed by atoms with van der Waals surface area (Å²) in [6, 6.07) is 1.87. The van der Waals surface area contributed by atoms with Crippen LogP contribution in [0.2, 0.25) is 0 Å². The largest absolute Gasteiger partial charge is 0.469 e. The van der Waals surface area contributed by atoms with E-state index in [1.165, 1.54) is 0 Å². The van der Waals surface area contributed by atoms with Gasteiger partial charge in [-0.3, -0.25) is 4.68 Å². The summed E-state index contributed by atoms with van der Waals surface area (Å²) in [7, 11) is 1.95. The van der Waals surface area contributed by atoms with Crippen LogP contribution in [0.15, 0.2) is 21.2 Å². The smallest absolute Gasteiger partial charge is 0.105 e. The number of hydrogen-bond acceptors (Lipinski definition) is 3. The second kappa shape index (κ2) is 5.28. The summed E-state index contributed by atoms with van der Waals surface area (Å²) in [6.45, 7) is 4.03. The van der Waals surface area contributed by atoms with E-state index in [9.17, 15) is 0 Å². The van der Waals surface area contributed by atoms with Crippen LogP contribution in [-0.4, -0.2) is 9.78 Å². The van der Waals surface area contributed by atoms with Crippen LogP contribution in [0.5, 0.6) is 0 Å². The molecule has 0 amide bonds. The summed E-state index contributed by atoms with van der Waals surface area (Å²) in [6.07, 6.45) is 3.33. The van der Waals surface area contributed by atoms with Crippen molar-refractivity contribution in [2.24, 2.45) is 12.8 Å². The van der Waals surface area contributed by atoms with E-state index in [1.54, 1.807) is 6.26 Å². The van der Waals surface area contributed by atoms with Gasteiger partial charge in [0.05, 0.1) is 22.1 Å². The summed E-state index contributed by atoms with van der Waals surface area (Å²) in [5.41, 5.74) is 9.49. The molecule has 1 unspecified atom stereocenters. The fourth-order valence-corrected chi connectivity index (χ4v) is 2.92. The highest BCUT2D eigenvalue weighted by molar-refractivity contribution is 9.10. The Morgan fingerprint density at radius 2 is 2.28 bits per heavy atom. The van der Waals surface area contributed by atoms with Crippen LogP contribution >= 0.6 is 15.9 Å². The lowest BCUT2D eigenvalue weighted by Gasteiger charge is -2.11. The van der Waals surface area contributed by atoms with E-state index in [4.69, 9.17) is 10.2 Å². The minimum Gasteiger partial charge on any atom is -0.469 e. The fraction of sp³-hybridized carbons (Fsp3) is 0.462. The van der Waals surface area contributed by atoms with Crippen LogP contribution in [0, 0.1) is 6.92 Å². The molecular formula is C13H18BrN3O. The Hall–Kier alpha value is -1.07. The van der Waals surface area contributed by atoms with Crippen LogP contribution in [0.25, 0.3) is 0 Å². The minimum atomic E-state index is -0.0693. The molecule has 0 aliphatic carbocycles. The predicted molar refractivity (Wildman–Crippen MR) is 74.4 cm³/mol. The molecule has 2 aromatic heterocycles. The van der Waals surface area contributed by atoms with Gasteiger partial charge in [-0.25, -0.2) is 0 Å². The molecule has 0 aromatic carbocycles. The molecule has 2 N–H and O–H groups in total. The van der Waals surface area contributed by atoms with Crippen molar-refractivity contribution in [2.75, 3.05) is 0 Å². The van der Waals surface area contributed by atoms with E-state index in [1.807, 2.05) is 24.7 Å². The fourth-order valence-electron chi connectivity index (χ4n) is 2.14. The summed E-state index contributed by atoms with van der Waals surface area (Å²) < 4.78 is 8.27. The van der Waals surface area contributed by atoms with Crippen LogP contribution in [0.3, 0.4) is 0 Å². The molecule has 0 radical (unpaired) electrons. The maximum Gasteiger partial charge on any atom is 0.105 e. The number of halogens is 1. The summed E-state index contributed by atoms with van der Waals surface area (Å²) in [4.78, 5) is 0. The van der Waals surface area contributed by atoms with E-state index < -0.39 is 0 Å². The van der Waals surface area contributed by atoms with Gasteiger partial charge in [-0.05, 0) is 35.3 Å². The van der Waals surface area contributed by atoms with E-state index in [-0.39, 0.29) is 6.04 Å². The first-order valence-electron chi connectivity index (χ1n) is 6.04. The average Bonchev–Trinajstić information content (AvgIpc) is 2.87. The molecule has 2 rings (SSSR count). The van der Waals surface area contributed by atoms with Gasteiger partial charge in [-0.2, -0.15) is 5.10 Å². The predicted octanol–water partition coefficient (Wildman–Crippen LogP) is 2.89. The quantitative estimate of drug-likeness (QED) is 0.944. The van der Waals surface area contributed by atoms with Gasteiger partial charge >= 0.3 is 0 Å². The molecule has 5 heteroatoms. The SMILES string of the molecule is CCc1nn(C)c(CC(N)c2ccoc2C)c1Br. The maximum atomic E-state index is 6.24. The molecule has 0 bridgehead atoms. The molecule has 2 heterocycles. The lowest BCUT2D eigenvalue weighted by molar-refractivity contribution is 0.522. The lowest BCUT2D eigenvalue weighted by Crippen LogP contribution is -2.16. The third-order valence-electron chi connectivity index (χ3n) is 3.21. The molecule has 0 aliphatic rings. The Morgan fingerprint density at radius 1 is 1.56 bits per heavy atom. The van der Waals surface area contributed by atoms with Crippen molar-refractivity contribution < 1.29 is 4.42 Å². The van der Waals surface area contributed by atoms with Gasteiger partial charge in [0.1, 0.15) is 5.76 Å². The van der Waals surface area contributed by atoms with Gasteiger partial charge in [0, 0.05) is 25.1 Å². The van der Waals surface area contributed by atoms with E-state index in [0.717, 1.165) is 40.0 Å². The van der Waals surface area contributed by atoms with Gasteiger partial charge < -0.3 is 10.2 Å². The van der Waals surface area contributed by atoms with Crippen LogP contribution < -0.4 is 5.73 Å². The van der Waals surface area contributed by atoms with E-state index >= 15 is 0 Å². The molecule has 0 saturated heterocycles. The zero-order valence-electron chi connectivity index (χ0n) is 10.9. The van der Waals surface area contributed by atoms with Crippen molar-refractivity contribution in [3.05, 3.63) is 39.5 Å². The summed E-state index contributed by atoms with van der Waals surface area (Å²) in [5.74, 6) is 0.886. The first-order valence-corrected chi connectivity index (χ1v) is 6.83. The number of aryl methyl sites for hydroxylation is 3. The number of hydrogen-bond donors (Lipinski definition) is 1. The highest BCUT2D eigenvalue weighted by atomic mass is 79.9. The molecule has 1 atom stereocenters. The summed E-state index contributed by atoms with van der Waals surface area (Å²) >= 11 is 3.61. The summed E-state index contributed by atoms with van der Waals surface area (Å²) in [5, 5.41) is 4.48. The second-order valence-electron chi connectivity index (χ2n) is 4.43. The van der Waals surface area contributed by atoms with Crippen molar-refractivity contribution in [3.63, 3.8) is 0 Å². The highest BCUT2D eigenvalue weighted by Gasteiger charge is 2.18. The third kappa shape index (κ3) is 2.37. The Bertz CT molecular complexity index is 544. The van der Waals surface area contributed by atoms with Crippen LogP contribution in [-0.2, 0) is 19.9 Å². The maximum absolute atomic E-state index is 6.24. The molecule has 18 heavy (non-hydrogen) atoms. The Balaban J connectivity index is 2.24. The molecule has 98 valence electrons. The zero-order valence-corrected chi connectivity index (χ0v) is 12.5. The standard InChI is InChI=1S/C13H18BrN3O/c1-4-11-13(14)12(17(3)16-11)7-10(15)9-5-6-18-8(9)2/h5-6,10H,4,7,15H2,1-3H3. The molecule has 0 fully saturated rings. The first kappa shape index (κ1) is 13.4. The Labute approximate surface area is 115 Å². The van der Waals surface area contributed by atoms with Gasteiger partial charge in [-0.1, -0.05) is 6.92 Å². The molecule has 0 aliphatic heterocycles. The van der Waals surface area contributed by atoms with Crippen molar-refractivity contribution in [1.82, 2.24) is 9.78 Å². The van der Waals surface area contributed by atoms with Crippen molar-refractivity contribution in [3.8, 4) is 0 Å². The van der Waals surface area contributed by atoms with E-state index in [0.29, 0.717) is 0 Å². The lowest BCUT2D eigenvalue weighted by atomic mass is 10.0. The van der Waals surface area contributed by atoms with Gasteiger partial charge in [0.25, 0.3) is 0 Å².